The van der Waals surface area contributed by atoms with Crippen LogP contribution in [-0.2, 0) is 15.6 Å². The molecule has 0 unspecified atom stereocenters. The fourth-order valence-corrected chi connectivity index (χ4v) is 6.39. The second kappa shape index (κ2) is 6.78. The highest BCUT2D eigenvalue weighted by atomic mass is 35.5. The van der Waals surface area contributed by atoms with Crippen LogP contribution in [0.5, 0.6) is 0 Å². The predicted octanol–water partition coefficient (Wildman–Crippen LogP) is 5.02. The number of sulfone groups is 1. The monoisotopic (exact) mass is 417 g/mol. The van der Waals surface area contributed by atoms with Crippen LogP contribution in [0.4, 0.5) is 5.69 Å². The van der Waals surface area contributed by atoms with E-state index in [9.17, 15) is 13.2 Å². The summed E-state index contributed by atoms with van der Waals surface area (Å²) in [5.74, 6) is -0.235. The first-order valence-electron chi connectivity index (χ1n) is 8.43. The Kier molecular flexibility index (Phi) is 4.58. The summed E-state index contributed by atoms with van der Waals surface area (Å²) >= 11 is 7.41. The second-order valence-electron chi connectivity index (χ2n) is 6.25. The molecule has 2 heterocycles. The summed E-state index contributed by atoms with van der Waals surface area (Å²) in [6, 6.07) is 15.8. The fourth-order valence-electron chi connectivity index (χ4n) is 3.30. The zero-order valence-electron chi connectivity index (χ0n) is 14.5. The average Bonchev–Trinajstić information content (AvgIpc) is 3.06. The number of hydrogen-bond acceptors (Lipinski definition) is 4. The Balaban J connectivity index is 1.78. The van der Waals surface area contributed by atoms with Crippen molar-refractivity contribution in [3.63, 3.8) is 0 Å². The van der Waals surface area contributed by atoms with Crippen molar-refractivity contribution in [3.05, 3.63) is 70.1 Å². The minimum absolute atomic E-state index is 0.0770. The predicted molar refractivity (Wildman–Crippen MR) is 109 cm³/mol. The van der Waals surface area contributed by atoms with E-state index >= 15 is 0 Å². The number of carbonyl (C=O) groups excluding carboxylic acids is 1. The van der Waals surface area contributed by atoms with Crippen LogP contribution in [0.15, 0.2) is 59.5 Å². The fraction of sp³-hybridized carbons (Fsp3) is 0.150. The van der Waals surface area contributed by atoms with Crippen molar-refractivity contribution in [2.24, 2.45) is 0 Å². The normalized spacial score (nSPS) is 14.3. The van der Waals surface area contributed by atoms with Gasteiger partial charge in [-0.2, -0.15) is 0 Å². The van der Waals surface area contributed by atoms with Crippen molar-refractivity contribution >= 4 is 44.4 Å². The zero-order valence-corrected chi connectivity index (χ0v) is 16.9. The number of benzene rings is 2. The number of fused-ring (bicyclic) bond motifs is 3. The van der Waals surface area contributed by atoms with Crippen molar-refractivity contribution in [2.45, 2.75) is 17.6 Å². The van der Waals surface area contributed by atoms with Crippen LogP contribution in [0.3, 0.4) is 0 Å². The first-order chi connectivity index (χ1) is 12.9. The van der Waals surface area contributed by atoms with Gasteiger partial charge in [-0.05, 0) is 42.8 Å². The molecule has 0 bridgehead atoms. The minimum atomic E-state index is -3.39. The molecule has 0 saturated carbocycles. The van der Waals surface area contributed by atoms with Crippen LogP contribution in [0, 0.1) is 0 Å². The molecule has 4 rings (SSSR count). The van der Waals surface area contributed by atoms with E-state index in [4.69, 9.17) is 11.6 Å². The molecule has 0 saturated heterocycles. The van der Waals surface area contributed by atoms with Crippen LogP contribution in [0.25, 0.3) is 10.4 Å². The number of halogens is 1. The van der Waals surface area contributed by atoms with Crippen LogP contribution in [-0.4, -0.2) is 20.9 Å². The summed E-state index contributed by atoms with van der Waals surface area (Å²) in [5, 5.41) is 0.559. The first kappa shape index (κ1) is 18.2. The van der Waals surface area contributed by atoms with Crippen LogP contribution in [0.1, 0.15) is 22.2 Å². The largest absolute Gasteiger partial charge is 0.308 e. The third-order valence-electron chi connectivity index (χ3n) is 4.51. The van der Waals surface area contributed by atoms with E-state index in [1.165, 1.54) is 11.3 Å². The van der Waals surface area contributed by atoms with Crippen molar-refractivity contribution in [1.82, 2.24) is 0 Å². The Morgan fingerprint density at radius 3 is 2.67 bits per heavy atom. The summed E-state index contributed by atoms with van der Waals surface area (Å²) in [6.07, 6.45) is 0. The lowest BCUT2D eigenvalue weighted by Gasteiger charge is -2.20. The van der Waals surface area contributed by atoms with Gasteiger partial charge >= 0.3 is 0 Å². The zero-order chi connectivity index (χ0) is 19.2. The van der Waals surface area contributed by atoms with Gasteiger partial charge in [0.05, 0.1) is 15.5 Å². The van der Waals surface area contributed by atoms with Crippen LogP contribution < -0.4 is 4.90 Å². The number of rotatable bonds is 3. The van der Waals surface area contributed by atoms with E-state index < -0.39 is 9.84 Å². The molecule has 0 atom stereocenters. The molecule has 27 heavy (non-hydrogen) atoms. The highest BCUT2D eigenvalue weighted by Crippen LogP contribution is 2.43. The Hall–Kier alpha value is -2.15. The highest BCUT2D eigenvalue weighted by molar-refractivity contribution is 7.91. The maximum absolute atomic E-state index is 13.1. The highest BCUT2D eigenvalue weighted by Gasteiger charge is 2.31. The number of anilines is 1. The van der Waals surface area contributed by atoms with E-state index in [-0.39, 0.29) is 11.7 Å². The van der Waals surface area contributed by atoms with E-state index in [1.54, 1.807) is 47.4 Å². The molecule has 1 aliphatic heterocycles. The van der Waals surface area contributed by atoms with Gasteiger partial charge in [-0.3, -0.25) is 4.79 Å². The third-order valence-corrected chi connectivity index (χ3v) is 7.66. The average molecular weight is 418 g/mol. The first-order valence-corrected chi connectivity index (χ1v) is 11.3. The number of thiophene rings is 1. The van der Waals surface area contributed by atoms with Gasteiger partial charge in [-0.25, -0.2) is 8.42 Å². The maximum Gasteiger partial charge on any atom is 0.268 e. The Labute approximate surface area is 166 Å². The third kappa shape index (κ3) is 3.18. The maximum atomic E-state index is 13.1. The summed E-state index contributed by atoms with van der Waals surface area (Å²) < 4.78 is 25.1. The SMILES string of the molecule is CCN(C(=O)c1cc2c(s1)-c1ccccc1S(=O)(=O)C2)c1cccc(Cl)c1. The number of nitrogens with zero attached hydrogens (tertiary/aromatic N) is 1. The van der Waals surface area contributed by atoms with Crippen LogP contribution >= 0.6 is 22.9 Å². The molecule has 1 aliphatic rings. The summed E-state index contributed by atoms with van der Waals surface area (Å²) in [7, 11) is -3.39. The number of amides is 1. The van der Waals surface area contributed by atoms with Gasteiger partial charge in [0.25, 0.3) is 5.91 Å². The molecule has 0 radical (unpaired) electrons. The molecule has 3 aromatic rings. The minimum Gasteiger partial charge on any atom is -0.308 e. The Morgan fingerprint density at radius 2 is 1.93 bits per heavy atom. The van der Waals surface area contributed by atoms with Gasteiger partial charge in [-0.1, -0.05) is 35.9 Å². The van der Waals surface area contributed by atoms with Gasteiger partial charge < -0.3 is 4.90 Å². The lowest BCUT2D eigenvalue weighted by Crippen LogP contribution is -2.29. The smallest absolute Gasteiger partial charge is 0.268 e. The van der Waals surface area contributed by atoms with Gasteiger partial charge in [0.2, 0.25) is 0 Å². The molecule has 2 aromatic carbocycles. The topological polar surface area (TPSA) is 54.5 Å². The van der Waals surface area contributed by atoms with E-state index in [1.807, 2.05) is 19.1 Å². The van der Waals surface area contributed by atoms with Crippen molar-refractivity contribution in [1.29, 1.82) is 0 Å². The molecule has 0 N–H and O–H groups in total. The van der Waals surface area contributed by atoms with Gasteiger partial charge in [0.1, 0.15) is 0 Å². The van der Waals surface area contributed by atoms with E-state index in [0.29, 0.717) is 32.5 Å². The summed E-state index contributed by atoms with van der Waals surface area (Å²) in [4.78, 5) is 16.5. The van der Waals surface area contributed by atoms with Gasteiger partial charge in [0.15, 0.2) is 9.84 Å². The van der Waals surface area contributed by atoms with E-state index in [2.05, 4.69) is 0 Å². The van der Waals surface area contributed by atoms with Crippen molar-refractivity contribution < 1.29 is 13.2 Å². The lowest BCUT2D eigenvalue weighted by molar-refractivity contribution is 0.0992. The molecule has 0 aliphatic carbocycles. The second-order valence-corrected chi connectivity index (χ2v) is 9.70. The van der Waals surface area contributed by atoms with Gasteiger partial charge in [0, 0.05) is 27.7 Å². The van der Waals surface area contributed by atoms with Crippen LogP contribution in [0.2, 0.25) is 5.02 Å². The quantitative estimate of drug-likeness (QED) is 0.601. The molecule has 1 aromatic heterocycles. The summed E-state index contributed by atoms with van der Waals surface area (Å²) in [6.45, 7) is 2.38. The van der Waals surface area contributed by atoms with E-state index in [0.717, 1.165) is 10.6 Å². The Bertz CT molecular complexity index is 1150. The molecule has 7 heteroatoms. The van der Waals surface area contributed by atoms with Crippen molar-refractivity contribution in [2.75, 3.05) is 11.4 Å². The molecule has 138 valence electrons. The van der Waals surface area contributed by atoms with Crippen molar-refractivity contribution in [3.8, 4) is 10.4 Å². The molecule has 0 spiro atoms. The molecule has 0 fully saturated rings. The number of carbonyl (C=O) groups is 1. The Morgan fingerprint density at radius 1 is 1.15 bits per heavy atom. The molecule has 4 nitrogen and oxygen atoms in total. The summed E-state index contributed by atoms with van der Waals surface area (Å²) in [5.41, 5.74) is 2.08. The lowest BCUT2D eigenvalue weighted by atomic mass is 10.1. The molecular formula is C20H16ClNO3S2. The van der Waals surface area contributed by atoms with Gasteiger partial charge in [-0.15, -0.1) is 11.3 Å². The number of hydrogen-bond donors (Lipinski definition) is 0. The molecule has 1 amide bonds. The standard InChI is InChI=1S/C20H16ClNO3S2/c1-2-22(15-7-5-6-14(21)11-15)20(23)17-10-13-12-27(24,25)18-9-4-3-8-16(18)19(13)26-17/h3-11H,2,12H2,1H3. The molecular weight excluding hydrogens is 402 g/mol.